The Balaban J connectivity index is 2.71. The van der Waals surface area contributed by atoms with Gasteiger partial charge in [0.25, 0.3) is 0 Å². The van der Waals surface area contributed by atoms with Crippen molar-refractivity contribution >= 4 is 0 Å². The average Bonchev–Trinajstić information content (AvgIpc) is 2.36. The molecule has 1 aromatic rings. The lowest BCUT2D eigenvalue weighted by atomic mass is 10.1. The van der Waals surface area contributed by atoms with E-state index >= 15 is 0 Å². The van der Waals surface area contributed by atoms with Crippen molar-refractivity contribution in [2.45, 2.75) is 45.5 Å². The van der Waals surface area contributed by atoms with Crippen molar-refractivity contribution in [2.75, 3.05) is 6.54 Å². The van der Waals surface area contributed by atoms with Crippen molar-refractivity contribution in [3.63, 3.8) is 0 Å². The Kier molecular flexibility index (Phi) is 5.60. The lowest BCUT2D eigenvalue weighted by molar-refractivity contribution is -0.189. The van der Waals surface area contributed by atoms with Gasteiger partial charge in [0.2, 0.25) is 0 Å². The Labute approximate surface area is 111 Å². The highest BCUT2D eigenvalue weighted by Crippen LogP contribution is 2.25. The van der Waals surface area contributed by atoms with E-state index in [2.05, 4.69) is 10.3 Å². The molecule has 108 valence electrons. The lowest BCUT2D eigenvalue weighted by Gasteiger charge is -2.18. The zero-order valence-electron chi connectivity index (χ0n) is 11.3. The van der Waals surface area contributed by atoms with Gasteiger partial charge in [-0.05, 0) is 32.0 Å². The highest BCUT2D eigenvalue weighted by atomic mass is 19.4. The summed E-state index contributed by atoms with van der Waals surface area (Å²) in [6, 6.07) is 3.32. The number of pyridine rings is 1. The molecule has 1 N–H and O–H groups in total. The van der Waals surface area contributed by atoms with Crippen molar-refractivity contribution in [1.29, 1.82) is 0 Å². The van der Waals surface area contributed by atoms with Crippen molar-refractivity contribution in [3.05, 3.63) is 24.0 Å². The van der Waals surface area contributed by atoms with E-state index in [4.69, 9.17) is 4.74 Å². The molecule has 0 aliphatic rings. The van der Waals surface area contributed by atoms with Gasteiger partial charge in [-0.2, -0.15) is 13.2 Å². The van der Waals surface area contributed by atoms with E-state index in [9.17, 15) is 13.2 Å². The summed E-state index contributed by atoms with van der Waals surface area (Å²) in [5, 5.41) is 3.25. The third kappa shape index (κ3) is 4.70. The number of hydrogen-bond acceptors (Lipinski definition) is 3. The first-order chi connectivity index (χ1) is 8.88. The van der Waals surface area contributed by atoms with E-state index in [0.29, 0.717) is 0 Å². The fourth-order valence-electron chi connectivity index (χ4n) is 1.64. The first kappa shape index (κ1) is 15.8. The second kappa shape index (κ2) is 6.75. The number of rotatable bonds is 6. The van der Waals surface area contributed by atoms with Crippen LogP contribution in [0.5, 0.6) is 5.75 Å². The molecule has 0 radical (unpaired) electrons. The Bertz CT molecular complexity index is 378. The predicted octanol–water partition coefficient (Wildman–Crippen LogP) is 3.47. The van der Waals surface area contributed by atoms with E-state index in [1.807, 2.05) is 13.8 Å². The number of alkyl halides is 3. The highest BCUT2D eigenvalue weighted by molar-refractivity contribution is 5.22. The largest absolute Gasteiger partial charge is 0.480 e. The van der Waals surface area contributed by atoms with Crippen LogP contribution in [0.3, 0.4) is 0 Å². The van der Waals surface area contributed by atoms with Crippen molar-refractivity contribution in [3.8, 4) is 5.75 Å². The molecule has 2 unspecified atom stereocenters. The van der Waals surface area contributed by atoms with E-state index in [1.54, 1.807) is 6.07 Å². The zero-order valence-corrected chi connectivity index (χ0v) is 11.3. The molecule has 0 aliphatic carbocycles. The van der Waals surface area contributed by atoms with Crippen molar-refractivity contribution < 1.29 is 17.9 Å². The number of nitrogens with one attached hydrogen (secondary N) is 1. The topological polar surface area (TPSA) is 34.1 Å². The van der Waals surface area contributed by atoms with Crippen LogP contribution in [0.4, 0.5) is 13.2 Å². The SMILES string of the molecule is CCNC(CC)c1ccc(OC(C)C(F)(F)F)cn1. The van der Waals surface area contributed by atoms with E-state index in [0.717, 1.165) is 25.6 Å². The molecule has 0 saturated carbocycles. The van der Waals surface area contributed by atoms with Crippen LogP contribution in [0, 0.1) is 0 Å². The molecule has 19 heavy (non-hydrogen) atoms. The van der Waals surface area contributed by atoms with Gasteiger partial charge < -0.3 is 10.1 Å². The average molecular weight is 276 g/mol. The minimum Gasteiger partial charge on any atom is -0.480 e. The second-order valence-electron chi connectivity index (χ2n) is 4.24. The van der Waals surface area contributed by atoms with Crippen molar-refractivity contribution in [2.24, 2.45) is 0 Å². The highest BCUT2D eigenvalue weighted by Gasteiger charge is 2.38. The van der Waals surface area contributed by atoms with Gasteiger partial charge in [0.1, 0.15) is 5.75 Å². The lowest BCUT2D eigenvalue weighted by Crippen LogP contribution is -2.31. The number of halogens is 3. The summed E-state index contributed by atoms with van der Waals surface area (Å²) in [4.78, 5) is 4.15. The summed E-state index contributed by atoms with van der Waals surface area (Å²) >= 11 is 0. The summed E-state index contributed by atoms with van der Waals surface area (Å²) in [5.41, 5.74) is 0.802. The molecule has 0 spiro atoms. The maximum Gasteiger partial charge on any atom is 0.425 e. The van der Waals surface area contributed by atoms with Crippen LogP contribution in [-0.2, 0) is 0 Å². The van der Waals surface area contributed by atoms with Crippen molar-refractivity contribution in [1.82, 2.24) is 10.3 Å². The third-order valence-corrected chi connectivity index (χ3v) is 2.75. The molecular weight excluding hydrogens is 257 g/mol. The zero-order chi connectivity index (χ0) is 14.5. The minimum absolute atomic E-state index is 0.110. The Morgan fingerprint density at radius 3 is 2.42 bits per heavy atom. The molecular formula is C13H19F3N2O. The molecule has 1 rings (SSSR count). The predicted molar refractivity (Wildman–Crippen MR) is 67.1 cm³/mol. The minimum atomic E-state index is -4.37. The molecule has 0 saturated heterocycles. The summed E-state index contributed by atoms with van der Waals surface area (Å²) in [6.07, 6.45) is -4.01. The van der Waals surface area contributed by atoms with Crippen LogP contribution in [0.25, 0.3) is 0 Å². The Morgan fingerprint density at radius 1 is 1.32 bits per heavy atom. The second-order valence-corrected chi connectivity index (χ2v) is 4.24. The quantitative estimate of drug-likeness (QED) is 0.863. The normalized spacial score (nSPS) is 15.1. The monoisotopic (exact) mass is 276 g/mol. The maximum atomic E-state index is 12.3. The first-order valence-electron chi connectivity index (χ1n) is 6.31. The van der Waals surface area contributed by atoms with Gasteiger partial charge in [0, 0.05) is 6.04 Å². The third-order valence-electron chi connectivity index (χ3n) is 2.75. The molecule has 1 aromatic heterocycles. The summed E-state index contributed by atoms with van der Waals surface area (Å²) in [7, 11) is 0. The van der Waals surface area contributed by atoms with Crippen LogP contribution < -0.4 is 10.1 Å². The van der Waals surface area contributed by atoms with Crippen LogP contribution in [0.1, 0.15) is 38.9 Å². The Hall–Kier alpha value is -1.30. The standard InChI is InChI=1S/C13H19F3N2O/c1-4-11(17-5-2)12-7-6-10(8-18-12)19-9(3)13(14,15)16/h6-9,11,17H,4-5H2,1-3H3. The molecule has 3 nitrogen and oxygen atoms in total. The van der Waals surface area contributed by atoms with E-state index < -0.39 is 12.3 Å². The van der Waals surface area contributed by atoms with Gasteiger partial charge in [-0.25, -0.2) is 0 Å². The van der Waals surface area contributed by atoms with Crippen LogP contribution in [-0.4, -0.2) is 23.8 Å². The van der Waals surface area contributed by atoms with Gasteiger partial charge >= 0.3 is 6.18 Å². The molecule has 0 fully saturated rings. The van der Waals surface area contributed by atoms with E-state index in [1.165, 1.54) is 12.3 Å². The molecule has 0 aliphatic heterocycles. The van der Waals surface area contributed by atoms with Crippen LogP contribution in [0.2, 0.25) is 0 Å². The molecule has 0 aromatic carbocycles. The molecule has 2 atom stereocenters. The fourth-order valence-corrected chi connectivity index (χ4v) is 1.64. The number of hydrogen-bond donors (Lipinski definition) is 1. The summed E-state index contributed by atoms with van der Waals surface area (Å²) in [5.74, 6) is 0.125. The fraction of sp³-hybridized carbons (Fsp3) is 0.615. The number of nitrogens with zero attached hydrogens (tertiary/aromatic N) is 1. The molecule has 0 bridgehead atoms. The number of ether oxygens (including phenoxy) is 1. The smallest absolute Gasteiger partial charge is 0.425 e. The molecule has 6 heteroatoms. The van der Waals surface area contributed by atoms with Gasteiger partial charge in [0.15, 0.2) is 6.10 Å². The maximum absolute atomic E-state index is 12.3. The van der Waals surface area contributed by atoms with E-state index in [-0.39, 0.29) is 11.8 Å². The number of aromatic nitrogens is 1. The molecule has 1 heterocycles. The summed E-state index contributed by atoms with van der Waals surface area (Å²) in [6.45, 7) is 5.79. The van der Waals surface area contributed by atoms with Gasteiger partial charge in [0.05, 0.1) is 11.9 Å². The van der Waals surface area contributed by atoms with Crippen LogP contribution >= 0.6 is 0 Å². The van der Waals surface area contributed by atoms with Crippen LogP contribution in [0.15, 0.2) is 18.3 Å². The first-order valence-corrected chi connectivity index (χ1v) is 6.31. The molecule has 0 amide bonds. The Morgan fingerprint density at radius 2 is 2.00 bits per heavy atom. The van der Waals surface area contributed by atoms with Gasteiger partial charge in [-0.15, -0.1) is 0 Å². The van der Waals surface area contributed by atoms with Gasteiger partial charge in [-0.1, -0.05) is 13.8 Å². The van der Waals surface area contributed by atoms with Gasteiger partial charge in [-0.3, -0.25) is 4.98 Å². The summed E-state index contributed by atoms with van der Waals surface area (Å²) < 4.78 is 41.8.